The van der Waals surface area contributed by atoms with Gasteiger partial charge in [0.15, 0.2) is 0 Å². The summed E-state index contributed by atoms with van der Waals surface area (Å²) in [5, 5.41) is 3.40. The highest BCUT2D eigenvalue weighted by atomic mass is 79.9. The van der Waals surface area contributed by atoms with Gasteiger partial charge in [-0.2, -0.15) is 0 Å². The molecule has 1 unspecified atom stereocenters. The lowest BCUT2D eigenvalue weighted by Crippen LogP contribution is -2.35. The maximum Gasteiger partial charge on any atom is 0.122 e. The highest BCUT2D eigenvalue weighted by Crippen LogP contribution is 2.32. The van der Waals surface area contributed by atoms with Crippen molar-refractivity contribution in [1.82, 2.24) is 5.32 Å². The summed E-state index contributed by atoms with van der Waals surface area (Å²) in [5.74, 6) is 1.79. The Kier molecular flexibility index (Phi) is 9.29. The standard InChI is InChI=1S/C20H24BrNO2S.ClH/c1-23-19-9-8-17(21)11-16(19)14-25-20-7-3-2-5-15(20)13-24-18-6-4-10-22-12-18;/h2-3,5,7-9,11,18,22H,4,6,10,12-14H2,1H3;1H. The predicted molar refractivity (Wildman–Crippen MR) is 115 cm³/mol. The van der Waals surface area contributed by atoms with Crippen molar-refractivity contribution >= 4 is 40.1 Å². The van der Waals surface area contributed by atoms with Gasteiger partial charge in [-0.3, -0.25) is 0 Å². The van der Waals surface area contributed by atoms with Gasteiger partial charge in [0, 0.05) is 27.2 Å². The van der Waals surface area contributed by atoms with E-state index in [4.69, 9.17) is 9.47 Å². The second kappa shape index (κ2) is 11.2. The molecule has 142 valence electrons. The molecule has 3 rings (SSSR count). The molecule has 0 radical (unpaired) electrons. The van der Waals surface area contributed by atoms with Gasteiger partial charge in [-0.05, 0) is 49.2 Å². The number of hydrogen-bond acceptors (Lipinski definition) is 4. The van der Waals surface area contributed by atoms with Crippen molar-refractivity contribution in [3.63, 3.8) is 0 Å². The fourth-order valence-electron chi connectivity index (χ4n) is 2.95. The Hall–Kier alpha value is -0.720. The van der Waals surface area contributed by atoms with Crippen molar-refractivity contribution in [2.24, 2.45) is 0 Å². The van der Waals surface area contributed by atoms with Gasteiger partial charge in [0.05, 0.1) is 19.8 Å². The molecule has 1 N–H and O–H groups in total. The fourth-order valence-corrected chi connectivity index (χ4v) is 4.38. The number of benzene rings is 2. The highest BCUT2D eigenvalue weighted by Gasteiger charge is 2.14. The molecule has 1 saturated heterocycles. The molecule has 2 aromatic carbocycles. The highest BCUT2D eigenvalue weighted by molar-refractivity contribution is 9.10. The number of hydrogen-bond donors (Lipinski definition) is 1. The Labute approximate surface area is 174 Å². The average Bonchev–Trinajstić information content (AvgIpc) is 2.66. The summed E-state index contributed by atoms with van der Waals surface area (Å²) < 4.78 is 12.7. The van der Waals surface area contributed by atoms with Gasteiger partial charge in [-0.1, -0.05) is 34.1 Å². The van der Waals surface area contributed by atoms with Crippen LogP contribution in [0.2, 0.25) is 0 Å². The van der Waals surface area contributed by atoms with Crippen LogP contribution >= 0.6 is 40.1 Å². The van der Waals surface area contributed by atoms with Crippen LogP contribution in [0, 0.1) is 0 Å². The minimum atomic E-state index is 0. The first kappa shape index (κ1) is 21.6. The molecule has 0 saturated carbocycles. The first-order chi connectivity index (χ1) is 12.3. The number of halogens is 2. The van der Waals surface area contributed by atoms with Gasteiger partial charge < -0.3 is 14.8 Å². The molecule has 6 heteroatoms. The monoisotopic (exact) mass is 457 g/mol. The smallest absolute Gasteiger partial charge is 0.122 e. The number of thioether (sulfide) groups is 1. The lowest BCUT2D eigenvalue weighted by atomic mass is 10.1. The van der Waals surface area contributed by atoms with Gasteiger partial charge in [-0.15, -0.1) is 24.2 Å². The van der Waals surface area contributed by atoms with Crippen molar-refractivity contribution < 1.29 is 9.47 Å². The molecule has 3 nitrogen and oxygen atoms in total. The third-order valence-electron chi connectivity index (χ3n) is 4.32. The summed E-state index contributed by atoms with van der Waals surface area (Å²) in [6, 6.07) is 14.6. The van der Waals surface area contributed by atoms with E-state index in [0.717, 1.165) is 35.5 Å². The number of piperidine rings is 1. The number of ether oxygens (including phenoxy) is 2. The Bertz CT molecular complexity index is 695. The van der Waals surface area contributed by atoms with Gasteiger partial charge in [0.1, 0.15) is 5.75 Å². The lowest BCUT2D eigenvalue weighted by Gasteiger charge is -2.23. The van der Waals surface area contributed by atoms with E-state index in [2.05, 4.69) is 51.6 Å². The van der Waals surface area contributed by atoms with E-state index in [-0.39, 0.29) is 12.4 Å². The molecule has 1 fully saturated rings. The quantitative estimate of drug-likeness (QED) is 0.560. The largest absolute Gasteiger partial charge is 0.496 e. The molecule has 1 aliphatic rings. The Morgan fingerprint density at radius 1 is 1.19 bits per heavy atom. The van der Waals surface area contributed by atoms with Gasteiger partial charge in [0.25, 0.3) is 0 Å². The zero-order valence-corrected chi connectivity index (χ0v) is 18.1. The maximum atomic E-state index is 6.12. The van der Waals surface area contributed by atoms with Crippen LogP contribution in [0.4, 0.5) is 0 Å². The summed E-state index contributed by atoms with van der Waals surface area (Å²) in [6.07, 6.45) is 2.68. The summed E-state index contributed by atoms with van der Waals surface area (Å²) >= 11 is 5.37. The van der Waals surface area contributed by atoms with E-state index in [9.17, 15) is 0 Å². The zero-order chi connectivity index (χ0) is 17.5. The summed E-state index contributed by atoms with van der Waals surface area (Å²) in [7, 11) is 1.72. The molecule has 26 heavy (non-hydrogen) atoms. The maximum absolute atomic E-state index is 6.12. The number of nitrogens with one attached hydrogen (secondary N) is 1. The second-order valence-corrected chi connectivity index (χ2v) is 8.06. The zero-order valence-electron chi connectivity index (χ0n) is 14.9. The molecule has 0 aliphatic carbocycles. The molecule has 1 heterocycles. The van der Waals surface area contributed by atoms with E-state index < -0.39 is 0 Å². The minimum Gasteiger partial charge on any atom is -0.496 e. The van der Waals surface area contributed by atoms with E-state index in [0.29, 0.717) is 12.7 Å². The van der Waals surface area contributed by atoms with Crippen LogP contribution in [0.3, 0.4) is 0 Å². The second-order valence-electron chi connectivity index (χ2n) is 6.13. The fraction of sp³-hybridized carbons (Fsp3) is 0.400. The molecule has 0 spiro atoms. The van der Waals surface area contributed by atoms with Gasteiger partial charge in [-0.25, -0.2) is 0 Å². The van der Waals surface area contributed by atoms with Crippen LogP contribution in [0.5, 0.6) is 5.75 Å². The SMILES string of the molecule is COc1ccc(Br)cc1CSc1ccccc1COC1CCCNC1.Cl. The van der Waals surface area contributed by atoms with Crippen LogP contribution < -0.4 is 10.1 Å². The first-order valence-corrected chi connectivity index (χ1v) is 10.4. The van der Waals surface area contributed by atoms with E-state index >= 15 is 0 Å². The van der Waals surface area contributed by atoms with E-state index in [1.807, 2.05) is 23.9 Å². The molecule has 2 aromatic rings. The molecular formula is C20H25BrClNO2S. The van der Waals surface area contributed by atoms with Crippen LogP contribution in [0.25, 0.3) is 0 Å². The third kappa shape index (κ3) is 6.17. The molecular weight excluding hydrogens is 434 g/mol. The predicted octanol–water partition coefficient (Wildman–Crippen LogP) is 5.44. The lowest BCUT2D eigenvalue weighted by molar-refractivity contribution is 0.0243. The molecule has 0 aromatic heterocycles. The normalized spacial score (nSPS) is 16.8. The van der Waals surface area contributed by atoms with Crippen LogP contribution in [-0.4, -0.2) is 26.3 Å². The van der Waals surface area contributed by atoms with Crippen LogP contribution in [0.15, 0.2) is 51.8 Å². The number of methoxy groups -OCH3 is 1. The third-order valence-corrected chi connectivity index (χ3v) is 5.98. The van der Waals surface area contributed by atoms with Crippen molar-refractivity contribution in [1.29, 1.82) is 0 Å². The van der Waals surface area contributed by atoms with Crippen molar-refractivity contribution in [3.8, 4) is 5.75 Å². The molecule has 1 aliphatic heterocycles. The molecule has 1 atom stereocenters. The van der Waals surface area contributed by atoms with Gasteiger partial charge in [0.2, 0.25) is 0 Å². The molecule has 0 bridgehead atoms. The van der Waals surface area contributed by atoms with Gasteiger partial charge >= 0.3 is 0 Å². The average molecular weight is 459 g/mol. The van der Waals surface area contributed by atoms with Crippen molar-refractivity contribution in [2.75, 3.05) is 20.2 Å². The minimum absolute atomic E-state index is 0. The Morgan fingerprint density at radius 3 is 2.81 bits per heavy atom. The summed E-state index contributed by atoms with van der Waals surface area (Å²) in [4.78, 5) is 1.27. The van der Waals surface area contributed by atoms with Crippen LogP contribution in [0.1, 0.15) is 24.0 Å². The first-order valence-electron chi connectivity index (χ1n) is 8.61. The molecule has 0 amide bonds. The van der Waals surface area contributed by atoms with E-state index in [1.54, 1.807) is 7.11 Å². The summed E-state index contributed by atoms with van der Waals surface area (Å²) in [5.41, 5.74) is 2.45. The summed E-state index contributed by atoms with van der Waals surface area (Å²) in [6.45, 7) is 2.75. The van der Waals surface area contributed by atoms with Crippen molar-refractivity contribution in [2.45, 2.75) is 36.2 Å². The van der Waals surface area contributed by atoms with Crippen LogP contribution in [-0.2, 0) is 17.1 Å². The Balaban J connectivity index is 0.00000243. The number of rotatable bonds is 7. The van der Waals surface area contributed by atoms with Crippen molar-refractivity contribution in [3.05, 3.63) is 58.1 Å². The Morgan fingerprint density at radius 2 is 2.04 bits per heavy atom. The topological polar surface area (TPSA) is 30.5 Å². The van der Waals surface area contributed by atoms with E-state index in [1.165, 1.54) is 22.4 Å².